The molecule has 168 valence electrons. The summed E-state index contributed by atoms with van der Waals surface area (Å²) >= 11 is 0. The molecule has 0 bridgehead atoms. The number of sulfonamides is 1. The summed E-state index contributed by atoms with van der Waals surface area (Å²) in [6, 6.07) is 16.5. The van der Waals surface area contributed by atoms with Crippen LogP contribution in [0, 0.1) is 17.2 Å². The molecule has 7 nitrogen and oxygen atoms in total. The molecule has 2 aliphatic heterocycles. The molecule has 2 heterocycles. The number of anilines is 1. The Bertz CT molecular complexity index is 1090. The molecule has 1 amide bonds. The van der Waals surface area contributed by atoms with Gasteiger partial charge in [0.25, 0.3) is 0 Å². The van der Waals surface area contributed by atoms with Gasteiger partial charge in [-0.25, -0.2) is 8.42 Å². The second-order valence-electron chi connectivity index (χ2n) is 8.36. The summed E-state index contributed by atoms with van der Waals surface area (Å²) in [5, 5.41) is 12.2. The molecule has 0 unspecified atom stereocenters. The number of nitrogens with zero attached hydrogens (tertiary/aromatic N) is 3. The van der Waals surface area contributed by atoms with Crippen molar-refractivity contribution in [3.8, 4) is 6.07 Å². The summed E-state index contributed by atoms with van der Waals surface area (Å²) < 4.78 is 27.3. The fourth-order valence-corrected chi connectivity index (χ4v) is 6.03. The van der Waals surface area contributed by atoms with Crippen molar-refractivity contribution in [2.75, 3.05) is 31.1 Å². The minimum absolute atomic E-state index is 0.0304. The zero-order chi connectivity index (χ0) is 22.6. The van der Waals surface area contributed by atoms with E-state index in [1.807, 2.05) is 6.07 Å². The number of nitrogens with one attached hydrogen (secondary N) is 1. The fourth-order valence-electron chi connectivity index (χ4n) is 4.41. The van der Waals surface area contributed by atoms with Crippen LogP contribution in [0.15, 0.2) is 53.4 Å². The average Bonchev–Trinajstić information content (AvgIpc) is 3.38. The van der Waals surface area contributed by atoms with Crippen LogP contribution < -0.4 is 10.2 Å². The van der Waals surface area contributed by atoms with Crippen molar-refractivity contribution in [3.63, 3.8) is 0 Å². The molecular weight excluding hydrogens is 424 g/mol. The minimum atomic E-state index is -3.75. The highest BCUT2D eigenvalue weighted by Crippen LogP contribution is 2.26. The van der Waals surface area contributed by atoms with Gasteiger partial charge in [0.15, 0.2) is 0 Å². The van der Waals surface area contributed by atoms with Crippen LogP contribution in [-0.4, -0.2) is 44.8 Å². The zero-order valence-corrected chi connectivity index (χ0v) is 18.9. The summed E-state index contributed by atoms with van der Waals surface area (Å²) in [6.07, 6.45) is 3.41. The lowest BCUT2D eigenvalue weighted by molar-refractivity contribution is -0.126. The summed E-state index contributed by atoms with van der Waals surface area (Å²) in [7, 11) is -3.75. The summed E-state index contributed by atoms with van der Waals surface area (Å²) in [5.74, 6) is -0.250. The molecular formula is C24H28N4O3S. The van der Waals surface area contributed by atoms with Crippen LogP contribution in [0.2, 0.25) is 0 Å². The lowest BCUT2D eigenvalue weighted by Gasteiger charge is -2.30. The van der Waals surface area contributed by atoms with Crippen LogP contribution in [0.5, 0.6) is 0 Å². The second-order valence-corrected chi connectivity index (χ2v) is 10.3. The van der Waals surface area contributed by atoms with E-state index < -0.39 is 10.0 Å². The number of piperidine rings is 1. The van der Waals surface area contributed by atoms with Crippen molar-refractivity contribution in [2.45, 2.75) is 37.1 Å². The number of hydrogen-bond acceptors (Lipinski definition) is 5. The van der Waals surface area contributed by atoms with Crippen LogP contribution in [0.3, 0.4) is 0 Å². The molecule has 2 saturated heterocycles. The third-order valence-corrected chi connectivity index (χ3v) is 8.28. The first-order valence-corrected chi connectivity index (χ1v) is 12.5. The minimum Gasteiger partial charge on any atom is -0.372 e. The molecule has 0 radical (unpaired) electrons. The third kappa shape index (κ3) is 4.79. The van der Waals surface area contributed by atoms with E-state index in [0.717, 1.165) is 18.7 Å². The topological polar surface area (TPSA) is 93.5 Å². The van der Waals surface area contributed by atoms with Crippen molar-refractivity contribution in [3.05, 3.63) is 59.7 Å². The molecule has 1 N–H and O–H groups in total. The van der Waals surface area contributed by atoms with E-state index in [1.54, 1.807) is 12.1 Å². The fraction of sp³-hybridized carbons (Fsp3) is 0.417. The normalized spacial score (nSPS) is 17.8. The Morgan fingerprint density at radius 1 is 1.00 bits per heavy atom. The molecule has 0 atom stereocenters. The Kier molecular flexibility index (Phi) is 6.77. The van der Waals surface area contributed by atoms with Gasteiger partial charge in [-0.05, 0) is 55.5 Å². The third-order valence-electron chi connectivity index (χ3n) is 6.32. The monoisotopic (exact) mass is 452 g/mol. The molecule has 2 aromatic carbocycles. The largest absolute Gasteiger partial charge is 0.372 e. The number of carbonyl (C=O) groups excluding carboxylic acids is 1. The number of benzene rings is 2. The highest BCUT2D eigenvalue weighted by molar-refractivity contribution is 7.89. The van der Waals surface area contributed by atoms with E-state index in [0.29, 0.717) is 19.4 Å². The molecule has 0 spiro atoms. The quantitative estimate of drug-likeness (QED) is 0.727. The molecule has 2 fully saturated rings. The smallest absolute Gasteiger partial charge is 0.244 e. The van der Waals surface area contributed by atoms with Crippen LogP contribution >= 0.6 is 0 Å². The van der Waals surface area contributed by atoms with Gasteiger partial charge >= 0.3 is 0 Å². The molecule has 4 rings (SSSR count). The van der Waals surface area contributed by atoms with Crippen LogP contribution in [0.1, 0.15) is 36.8 Å². The summed E-state index contributed by atoms with van der Waals surface area (Å²) in [4.78, 5) is 15.0. The van der Waals surface area contributed by atoms with Gasteiger partial charge in [0.1, 0.15) is 6.07 Å². The highest BCUT2D eigenvalue weighted by atomic mass is 32.2. The number of hydrogen-bond donors (Lipinski definition) is 1. The van der Waals surface area contributed by atoms with Gasteiger partial charge in [-0.1, -0.05) is 24.3 Å². The van der Waals surface area contributed by atoms with Crippen molar-refractivity contribution < 1.29 is 13.2 Å². The first-order chi connectivity index (χ1) is 15.5. The van der Waals surface area contributed by atoms with E-state index >= 15 is 0 Å². The Hall–Kier alpha value is -2.89. The van der Waals surface area contributed by atoms with Gasteiger partial charge in [-0.3, -0.25) is 4.79 Å². The van der Waals surface area contributed by atoms with Gasteiger partial charge in [0, 0.05) is 44.3 Å². The standard InChI is InChI=1S/C24H28N4O3S/c25-17-21-5-1-2-6-23(21)32(30,31)28-15-11-20(12-16-28)24(29)26-18-19-7-9-22(10-8-19)27-13-3-4-14-27/h1-2,5-10,20H,3-4,11-16,18H2,(H,26,29). The first-order valence-electron chi connectivity index (χ1n) is 11.1. The molecule has 0 aliphatic carbocycles. The number of amides is 1. The van der Waals surface area contributed by atoms with Gasteiger partial charge < -0.3 is 10.2 Å². The SMILES string of the molecule is N#Cc1ccccc1S(=O)(=O)N1CCC(C(=O)NCc2ccc(N3CCCC3)cc2)CC1. The maximum atomic E-state index is 12.9. The lowest BCUT2D eigenvalue weighted by atomic mass is 9.97. The van der Waals surface area contributed by atoms with Crippen LogP contribution in [-0.2, 0) is 21.4 Å². The van der Waals surface area contributed by atoms with E-state index in [9.17, 15) is 18.5 Å². The van der Waals surface area contributed by atoms with Gasteiger partial charge in [-0.2, -0.15) is 9.57 Å². The van der Waals surface area contributed by atoms with Crippen LogP contribution in [0.4, 0.5) is 5.69 Å². The number of carbonyl (C=O) groups is 1. The summed E-state index contributed by atoms with van der Waals surface area (Å²) in [6.45, 7) is 3.21. The molecule has 32 heavy (non-hydrogen) atoms. The molecule has 0 aromatic heterocycles. The second kappa shape index (κ2) is 9.72. The zero-order valence-electron chi connectivity index (χ0n) is 18.0. The Balaban J connectivity index is 1.29. The van der Waals surface area contributed by atoms with Crippen molar-refractivity contribution in [2.24, 2.45) is 5.92 Å². The molecule has 2 aromatic rings. The number of rotatable bonds is 6. The predicted octanol–water partition coefficient (Wildman–Crippen LogP) is 2.88. The molecule has 0 saturated carbocycles. The predicted molar refractivity (Wildman–Crippen MR) is 122 cm³/mol. The van der Waals surface area contributed by atoms with E-state index in [4.69, 9.17) is 0 Å². The van der Waals surface area contributed by atoms with E-state index in [-0.39, 0.29) is 35.4 Å². The van der Waals surface area contributed by atoms with Gasteiger partial charge in [0.2, 0.25) is 15.9 Å². The van der Waals surface area contributed by atoms with Crippen molar-refractivity contribution in [1.29, 1.82) is 5.26 Å². The van der Waals surface area contributed by atoms with Crippen molar-refractivity contribution >= 4 is 21.6 Å². The average molecular weight is 453 g/mol. The van der Waals surface area contributed by atoms with E-state index in [1.165, 1.54) is 35.0 Å². The first kappa shape index (κ1) is 22.3. The Morgan fingerprint density at radius 3 is 2.31 bits per heavy atom. The van der Waals surface area contributed by atoms with Gasteiger partial charge in [0.05, 0.1) is 10.5 Å². The maximum absolute atomic E-state index is 12.9. The number of nitriles is 1. The van der Waals surface area contributed by atoms with Crippen LogP contribution in [0.25, 0.3) is 0 Å². The summed E-state index contributed by atoms with van der Waals surface area (Å²) in [5.41, 5.74) is 2.42. The van der Waals surface area contributed by atoms with Gasteiger partial charge in [-0.15, -0.1) is 0 Å². The van der Waals surface area contributed by atoms with Crippen molar-refractivity contribution in [1.82, 2.24) is 9.62 Å². The Morgan fingerprint density at radius 2 is 1.66 bits per heavy atom. The maximum Gasteiger partial charge on any atom is 0.244 e. The van der Waals surface area contributed by atoms with E-state index in [2.05, 4.69) is 34.5 Å². The molecule has 8 heteroatoms. The highest BCUT2D eigenvalue weighted by Gasteiger charge is 2.33. The molecule has 2 aliphatic rings. The lowest BCUT2D eigenvalue weighted by Crippen LogP contribution is -2.43. The Labute approximate surface area is 189 Å².